The van der Waals surface area contributed by atoms with Crippen LogP contribution in [0.3, 0.4) is 0 Å². The van der Waals surface area contributed by atoms with Crippen LogP contribution in [0.1, 0.15) is 99.3 Å². The highest BCUT2D eigenvalue weighted by Crippen LogP contribution is 2.24. The number of rotatable bonds is 14. The summed E-state index contributed by atoms with van der Waals surface area (Å²) < 4.78 is 6.04. The lowest BCUT2D eigenvalue weighted by Gasteiger charge is -2.32. The molecule has 0 aromatic rings. The number of unbranched alkanes of at least 4 members (excludes halogenated alkanes) is 6. The largest absolute Gasteiger partial charge is 0.374 e. The van der Waals surface area contributed by atoms with Crippen LogP contribution >= 0.6 is 0 Å². The van der Waals surface area contributed by atoms with Gasteiger partial charge in [-0.25, -0.2) is 0 Å². The van der Waals surface area contributed by atoms with Crippen LogP contribution in [0.15, 0.2) is 0 Å². The molecule has 0 unspecified atom stereocenters. The van der Waals surface area contributed by atoms with E-state index in [0.717, 1.165) is 25.8 Å². The molecule has 0 aliphatic carbocycles. The van der Waals surface area contributed by atoms with Crippen LogP contribution in [0.2, 0.25) is 0 Å². The topological polar surface area (TPSA) is 38.3 Å². The molecule has 0 spiro atoms. The molecule has 0 aliphatic rings. The van der Waals surface area contributed by atoms with Gasteiger partial charge in [-0.15, -0.1) is 0 Å². The van der Waals surface area contributed by atoms with Gasteiger partial charge < -0.3 is 10.1 Å². The van der Waals surface area contributed by atoms with Crippen molar-refractivity contribution in [2.45, 2.75) is 105 Å². The minimum atomic E-state index is -0.466. The first kappa shape index (κ1) is 22.4. The van der Waals surface area contributed by atoms with E-state index in [9.17, 15) is 4.79 Å². The van der Waals surface area contributed by atoms with Crippen molar-refractivity contribution < 1.29 is 9.53 Å². The lowest BCUT2D eigenvalue weighted by molar-refractivity contribution is -0.138. The van der Waals surface area contributed by atoms with Gasteiger partial charge in [0.2, 0.25) is 5.91 Å². The van der Waals surface area contributed by atoms with Gasteiger partial charge in [-0.3, -0.25) is 4.79 Å². The molecule has 3 nitrogen and oxygen atoms in total. The summed E-state index contributed by atoms with van der Waals surface area (Å²) in [6.45, 7) is 13.8. The van der Waals surface area contributed by atoms with Gasteiger partial charge in [0, 0.05) is 6.54 Å². The summed E-state index contributed by atoms with van der Waals surface area (Å²) in [5.41, 5.74) is -0.581. The third kappa shape index (κ3) is 10.0. The molecule has 0 radical (unpaired) electrons. The molecule has 0 fully saturated rings. The van der Waals surface area contributed by atoms with E-state index in [0.29, 0.717) is 6.61 Å². The van der Waals surface area contributed by atoms with Gasteiger partial charge in [0.15, 0.2) is 0 Å². The van der Waals surface area contributed by atoms with E-state index in [4.69, 9.17) is 4.74 Å². The van der Waals surface area contributed by atoms with E-state index >= 15 is 0 Å². The summed E-state index contributed by atoms with van der Waals surface area (Å²) in [7, 11) is 0. The Morgan fingerprint density at radius 3 is 1.91 bits per heavy atom. The normalized spacial score (nSPS) is 12.4. The molecule has 1 amide bonds. The van der Waals surface area contributed by atoms with Gasteiger partial charge in [-0.1, -0.05) is 59.3 Å². The van der Waals surface area contributed by atoms with Gasteiger partial charge >= 0.3 is 0 Å². The Kier molecular flexibility index (Phi) is 11.6. The van der Waals surface area contributed by atoms with Crippen molar-refractivity contribution in [2.75, 3.05) is 13.2 Å². The zero-order valence-corrected chi connectivity index (χ0v) is 16.6. The molecule has 3 heteroatoms. The highest BCUT2D eigenvalue weighted by Gasteiger charge is 2.31. The van der Waals surface area contributed by atoms with E-state index in [1.165, 1.54) is 38.5 Å². The monoisotopic (exact) mass is 327 g/mol. The molecule has 23 heavy (non-hydrogen) atoms. The molecule has 0 saturated heterocycles. The Morgan fingerprint density at radius 1 is 0.870 bits per heavy atom. The number of ether oxygens (including phenoxy) is 1. The van der Waals surface area contributed by atoms with Gasteiger partial charge in [-0.05, 0) is 40.0 Å². The Bertz CT molecular complexity index is 309. The number of nitrogens with one attached hydrogen (secondary N) is 1. The van der Waals surface area contributed by atoms with Crippen molar-refractivity contribution in [3.63, 3.8) is 0 Å². The second-order valence-electron chi connectivity index (χ2n) is 7.71. The molecule has 0 heterocycles. The Morgan fingerprint density at radius 2 is 1.39 bits per heavy atom. The van der Waals surface area contributed by atoms with Gasteiger partial charge in [-0.2, -0.15) is 0 Å². The van der Waals surface area contributed by atoms with Crippen LogP contribution in [-0.2, 0) is 9.53 Å². The third-order valence-electron chi connectivity index (χ3n) is 4.96. The summed E-state index contributed by atoms with van der Waals surface area (Å²) >= 11 is 0. The molecule has 0 saturated carbocycles. The standard InChI is InChI=1S/C20H41NO2/c1-7-10-11-12-13-14-15-16-21-18(22)19(4,5)17-23-20(6,8-2)9-3/h7-17H2,1-6H3,(H,21,22). The molecule has 0 aromatic heterocycles. The number of carbonyl (C=O) groups is 1. The van der Waals surface area contributed by atoms with Crippen LogP contribution in [0.5, 0.6) is 0 Å². The summed E-state index contributed by atoms with van der Waals surface area (Å²) in [4.78, 5) is 12.3. The van der Waals surface area contributed by atoms with Crippen molar-refractivity contribution in [3.8, 4) is 0 Å². The Balaban J connectivity index is 3.91. The molecule has 0 aliphatic heterocycles. The highest BCUT2D eigenvalue weighted by molar-refractivity contribution is 5.81. The van der Waals surface area contributed by atoms with E-state index in [2.05, 4.69) is 33.0 Å². The SMILES string of the molecule is CCCCCCCCCNC(=O)C(C)(C)COC(C)(CC)CC. The molecular weight excluding hydrogens is 286 g/mol. The fourth-order valence-electron chi connectivity index (χ4n) is 2.40. The van der Waals surface area contributed by atoms with Crippen molar-refractivity contribution in [1.29, 1.82) is 0 Å². The van der Waals surface area contributed by atoms with Crippen LogP contribution in [0, 0.1) is 5.41 Å². The van der Waals surface area contributed by atoms with E-state index < -0.39 is 5.41 Å². The predicted molar refractivity (Wildman–Crippen MR) is 99.7 cm³/mol. The zero-order chi connectivity index (χ0) is 17.8. The molecule has 0 bridgehead atoms. The zero-order valence-electron chi connectivity index (χ0n) is 16.6. The molecule has 0 aromatic carbocycles. The second-order valence-corrected chi connectivity index (χ2v) is 7.71. The first-order valence-electron chi connectivity index (χ1n) is 9.73. The molecule has 138 valence electrons. The van der Waals surface area contributed by atoms with Gasteiger partial charge in [0.05, 0.1) is 17.6 Å². The van der Waals surface area contributed by atoms with E-state index in [-0.39, 0.29) is 11.5 Å². The number of hydrogen-bond acceptors (Lipinski definition) is 2. The first-order valence-corrected chi connectivity index (χ1v) is 9.73. The molecule has 1 N–H and O–H groups in total. The lowest BCUT2D eigenvalue weighted by Crippen LogP contribution is -2.42. The molecule has 0 rings (SSSR count). The van der Waals surface area contributed by atoms with Gasteiger partial charge in [0.1, 0.15) is 0 Å². The average Bonchev–Trinajstić information content (AvgIpc) is 2.55. The van der Waals surface area contributed by atoms with Crippen LogP contribution in [0.25, 0.3) is 0 Å². The van der Waals surface area contributed by atoms with E-state index in [1.807, 2.05) is 13.8 Å². The van der Waals surface area contributed by atoms with Crippen LogP contribution in [-0.4, -0.2) is 24.7 Å². The fourth-order valence-corrected chi connectivity index (χ4v) is 2.40. The van der Waals surface area contributed by atoms with Crippen molar-refractivity contribution in [3.05, 3.63) is 0 Å². The minimum Gasteiger partial charge on any atom is -0.374 e. The number of carbonyl (C=O) groups excluding carboxylic acids is 1. The maximum atomic E-state index is 12.3. The van der Waals surface area contributed by atoms with Crippen LogP contribution < -0.4 is 5.32 Å². The summed E-state index contributed by atoms with van der Waals surface area (Å²) in [6, 6.07) is 0. The van der Waals surface area contributed by atoms with Crippen molar-refractivity contribution in [1.82, 2.24) is 5.32 Å². The van der Waals surface area contributed by atoms with Gasteiger partial charge in [0.25, 0.3) is 0 Å². The average molecular weight is 328 g/mol. The van der Waals surface area contributed by atoms with Crippen molar-refractivity contribution in [2.24, 2.45) is 5.41 Å². The summed E-state index contributed by atoms with van der Waals surface area (Å²) in [6.07, 6.45) is 10.8. The maximum absolute atomic E-state index is 12.3. The smallest absolute Gasteiger partial charge is 0.227 e. The second kappa shape index (κ2) is 11.9. The highest BCUT2D eigenvalue weighted by atomic mass is 16.5. The maximum Gasteiger partial charge on any atom is 0.227 e. The molecule has 0 atom stereocenters. The van der Waals surface area contributed by atoms with E-state index in [1.54, 1.807) is 0 Å². The predicted octanol–water partition coefficient (Wildman–Crippen LogP) is 5.47. The molecular formula is C20H41NO2. The minimum absolute atomic E-state index is 0.109. The Hall–Kier alpha value is -0.570. The number of hydrogen-bond donors (Lipinski definition) is 1. The quantitative estimate of drug-likeness (QED) is 0.429. The lowest BCUT2D eigenvalue weighted by atomic mass is 9.92. The third-order valence-corrected chi connectivity index (χ3v) is 4.96. The number of amides is 1. The fraction of sp³-hybridized carbons (Fsp3) is 0.950. The summed E-state index contributed by atoms with van der Waals surface area (Å²) in [5.74, 6) is 0.109. The Labute approximate surface area is 144 Å². The van der Waals surface area contributed by atoms with Crippen molar-refractivity contribution >= 4 is 5.91 Å². The van der Waals surface area contributed by atoms with Crippen LogP contribution in [0.4, 0.5) is 0 Å². The summed E-state index contributed by atoms with van der Waals surface area (Å²) in [5, 5.41) is 3.08. The first-order chi connectivity index (χ1) is 10.8.